The van der Waals surface area contributed by atoms with Gasteiger partial charge in [-0.2, -0.15) is 13.2 Å². The highest BCUT2D eigenvalue weighted by Crippen LogP contribution is 2.25. The Morgan fingerprint density at radius 1 is 1.18 bits per heavy atom. The number of rotatable bonds is 3. The van der Waals surface area contributed by atoms with E-state index in [-0.39, 0.29) is 0 Å². The fourth-order valence-corrected chi connectivity index (χ4v) is 1.22. The van der Waals surface area contributed by atoms with E-state index in [0.717, 1.165) is 6.92 Å². The van der Waals surface area contributed by atoms with Gasteiger partial charge >= 0.3 is 12.1 Å². The van der Waals surface area contributed by atoms with E-state index < -0.39 is 24.2 Å². The first-order valence-corrected chi connectivity index (χ1v) is 5.14. The minimum absolute atomic E-state index is 0.631. The van der Waals surface area contributed by atoms with E-state index >= 15 is 0 Å². The van der Waals surface area contributed by atoms with Crippen molar-refractivity contribution in [2.75, 3.05) is 0 Å². The summed E-state index contributed by atoms with van der Waals surface area (Å²) >= 11 is 0. The SMILES string of the molecule is CC(C(=O)OC(C)C(F)(F)F)c1ccccc1. The van der Waals surface area contributed by atoms with Gasteiger partial charge in [0.25, 0.3) is 0 Å². The molecular formula is C12H13F3O2. The number of halogens is 3. The quantitative estimate of drug-likeness (QED) is 0.765. The number of carbonyl (C=O) groups excluding carboxylic acids is 1. The van der Waals surface area contributed by atoms with Gasteiger partial charge in [0.05, 0.1) is 5.92 Å². The number of hydrogen-bond acceptors (Lipinski definition) is 2. The van der Waals surface area contributed by atoms with Crippen molar-refractivity contribution in [1.29, 1.82) is 0 Å². The van der Waals surface area contributed by atoms with Gasteiger partial charge in [0, 0.05) is 0 Å². The summed E-state index contributed by atoms with van der Waals surface area (Å²) in [5.41, 5.74) is 0.631. The van der Waals surface area contributed by atoms with Gasteiger partial charge in [0.15, 0.2) is 6.10 Å². The Morgan fingerprint density at radius 3 is 2.18 bits per heavy atom. The van der Waals surface area contributed by atoms with Gasteiger partial charge in [0.2, 0.25) is 0 Å². The first kappa shape index (κ1) is 13.5. The Bertz CT molecular complexity index is 373. The maximum Gasteiger partial charge on any atom is 0.425 e. The van der Waals surface area contributed by atoms with Crippen LogP contribution in [0.2, 0.25) is 0 Å². The lowest BCUT2D eigenvalue weighted by Crippen LogP contribution is -2.32. The van der Waals surface area contributed by atoms with E-state index in [9.17, 15) is 18.0 Å². The van der Waals surface area contributed by atoms with Gasteiger partial charge in [-0.25, -0.2) is 0 Å². The lowest BCUT2D eigenvalue weighted by atomic mass is 10.0. The molecule has 0 bridgehead atoms. The number of alkyl halides is 3. The Balaban J connectivity index is 2.66. The molecular weight excluding hydrogens is 233 g/mol. The van der Waals surface area contributed by atoms with Gasteiger partial charge in [-0.1, -0.05) is 30.3 Å². The van der Waals surface area contributed by atoms with E-state index in [0.29, 0.717) is 5.56 Å². The van der Waals surface area contributed by atoms with E-state index in [1.807, 2.05) is 0 Å². The molecule has 0 fully saturated rings. The Labute approximate surface area is 97.4 Å². The van der Waals surface area contributed by atoms with Crippen LogP contribution in [0.3, 0.4) is 0 Å². The summed E-state index contributed by atoms with van der Waals surface area (Å²) in [4.78, 5) is 11.5. The van der Waals surface area contributed by atoms with Crippen molar-refractivity contribution >= 4 is 5.97 Å². The van der Waals surface area contributed by atoms with Crippen LogP contribution in [0.5, 0.6) is 0 Å². The molecule has 0 spiro atoms. The molecule has 1 aromatic rings. The fourth-order valence-electron chi connectivity index (χ4n) is 1.22. The molecule has 0 aliphatic rings. The van der Waals surface area contributed by atoms with Crippen LogP contribution in [0.15, 0.2) is 30.3 Å². The van der Waals surface area contributed by atoms with Crippen molar-refractivity contribution < 1.29 is 22.7 Å². The summed E-state index contributed by atoms with van der Waals surface area (Å²) in [7, 11) is 0. The number of esters is 1. The van der Waals surface area contributed by atoms with Crippen molar-refractivity contribution in [3.8, 4) is 0 Å². The standard InChI is InChI=1S/C12H13F3O2/c1-8(10-6-4-3-5-7-10)11(16)17-9(2)12(13,14)15/h3-9H,1-2H3. The van der Waals surface area contributed by atoms with E-state index in [2.05, 4.69) is 4.74 Å². The summed E-state index contributed by atoms with van der Waals surface area (Å²) < 4.78 is 41.0. The summed E-state index contributed by atoms with van der Waals surface area (Å²) in [5, 5.41) is 0. The predicted molar refractivity (Wildman–Crippen MR) is 56.5 cm³/mol. The van der Waals surface area contributed by atoms with Crippen LogP contribution in [-0.2, 0) is 9.53 Å². The van der Waals surface area contributed by atoms with Crippen LogP contribution in [0.25, 0.3) is 0 Å². The lowest BCUT2D eigenvalue weighted by Gasteiger charge is -2.19. The van der Waals surface area contributed by atoms with Crippen molar-refractivity contribution in [2.24, 2.45) is 0 Å². The van der Waals surface area contributed by atoms with Crippen molar-refractivity contribution in [3.05, 3.63) is 35.9 Å². The summed E-state index contributed by atoms with van der Waals surface area (Å²) in [6.07, 6.45) is -6.60. The second-order valence-corrected chi connectivity index (χ2v) is 3.75. The third kappa shape index (κ3) is 3.76. The minimum atomic E-state index is -4.52. The Morgan fingerprint density at radius 2 is 1.71 bits per heavy atom. The summed E-state index contributed by atoms with van der Waals surface area (Å²) in [6.45, 7) is 2.33. The maximum atomic E-state index is 12.2. The third-order valence-corrected chi connectivity index (χ3v) is 2.41. The average molecular weight is 246 g/mol. The second kappa shape index (κ2) is 5.21. The molecule has 0 saturated carbocycles. The highest BCUT2D eigenvalue weighted by atomic mass is 19.4. The van der Waals surface area contributed by atoms with Crippen LogP contribution in [0.4, 0.5) is 13.2 Å². The lowest BCUT2D eigenvalue weighted by molar-refractivity contribution is -0.216. The van der Waals surface area contributed by atoms with Crippen LogP contribution < -0.4 is 0 Å². The van der Waals surface area contributed by atoms with Crippen molar-refractivity contribution in [1.82, 2.24) is 0 Å². The molecule has 5 heteroatoms. The molecule has 94 valence electrons. The van der Waals surface area contributed by atoms with Gasteiger partial charge in [-0.15, -0.1) is 0 Å². The van der Waals surface area contributed by atoms with Crippen LogP contribution in [0, 0.1) is 0 Å². The van der Waals surface area contributed by atoms with Gasteiger partial charge in [0.1, 0.15) is 0 Å². The number of ether oxygens (including phenoxy) is 1. The molecule has 0 aliphatic heterocycles. The Hall–Kier alpha value is -1.52. The number of carbonyl (C=O) groups is 1. The zero-order valence-corrected chi connectivity index (χ0v) is 9.49. The zero-order chi connectivity index (χ0) is 13.1. The number of hydrogen-bond donors (Lipinski definition) is 0. The minimum Gasteiger partial charge on any atom is -0.453 e. The Kier molecular flexibility index (Phi) is 4.15. The zero-order valence-electron chi connectivity index (χ0n) is 9.49. The predicted octanol–water partition coefficient (Wildman–Crippen LogP) is 3.28. The summed E-state index contributed by atoms with van der Waals surface area (Å²) in [6, 6.07) is 8.53. The second-order valence-electron chi connectivity index (χ2n) is 3.75. The largest absolute Gasteiger partial charge is 0.453 e. The topological polar surface area (TPSA) is 26.3 Å². The number of benzene rings is 1. The maximum absolute atomic E-state index is 12.2. The molecule has 0 aromatic heterocycles. The molecule has 2 nitrogen and oxygen atoms in total. The first-order chi connectivity index (χ1) is 7.82. The molecule has 0 N–H and O–H groups in total. The van der Waals surface area contributed by atoms with Crippen molar-refractivity contribution in [2.45, 2.75) is 32.0 Å². The third-order valence-electron chi connectivity index (χ3n) is 2.41. The molecule has 1 rings (SSSR count). The molecule has 17 heavy (non-hydrogen) atoms. The highest BCUT2D eigenvalue weighted by Gasteiger charge is 2.39. The van der Waals surface area contributed by atoms with Gasteiger partial charge in [-0.05, 0) is 19.4 Å². The molecule has 0 saturated heterocycles. The monoisotopic (exact) mass is 246 g/mol. The normalized spacial score (nSPS) is 15.1. The molecule has 2 atom stereocenters. The van der Waals surface area contributed by atoms with Crippen LogP contribution in [0.1, 0.15) is 25.3 Å². The van der Waals surface area contributed by atoms with E-state index in [1.165, 1.54) is 6.92 Å². The van der Waals surface area contributed by atoms with E-state index in [4.69, 9.17) is 0 Å². The molecule has 0 amide bonds. The smallest absolute Gasteiger partial charge is 0.425 e. The highest BCUT2D eigenvalue weighted by molar-refractivity contribution is 5.77. The van der Waals surface area contributed by atoms with Gasteiger partial charge in [-0.3, -0.25) is 4.79 Å². The summed E-state index contributed by atoms with van der Waals surface area (Å²) in [5.74, 6) is -1.58. The van der Waals surface area contributed by atoms with Crippen molar-refractivity contribution in [3.63, 3.8) is 0 Å². The molecule has 0 radical (unpaired) electrons. The molecule has 0 heterocycles. The first-order valence-electron chi connectivity index (χ1n) is 5.14. The molecule has 0 aliphatic carbocycles. The van der Waals surface area contributed by atoms with Gasteiger partial charge < -0.3 is 4.74 Å². The molecule has 2 unspecified atom stereocenters. The van der Waals surface area contributed by atoms with E-state index in [1.54, 1.807) is 30.3 Å². The van der Waals surface area contributed by atoms with Crippen LogP contribution in [-0.4, -0.2) is 18.2 Å². The molecule has 1 aromatic carbocycles. The average Bonchev–Trinajstić information content (AvgIpc) is 2.27. The fraction of sp³-hybridized carbons (Fsp3) is 0.417. The van der Waals surface area contributed by atoms with Crippen LogP contribution >= 0.6 is 0 Å².